The number of fused-ring (bicyclic) bond motifs is 3. The minimum Gasteiger partial charge on any atom is -0.452 e. The number of aromatic nitrogens is 3. The molecule has 126 valence electrons. The number of anilines is 1. The van der Waals surface area contributed by atoms with Gasteiger partial charge in [0, 0.05) is 24.3 Å². The molecule has 0 saturated heterocycles. The summed E-state index contributed by atoms with van der Waals surface area (Å²) >= 11 is 0. The molecule has 2 N–H and O–H groups in total. The molecule has 1 aromatic carbocycles. The number of furan rings is 1. The standard InChI is InChI=1S/C18H16N4O3/c1-24-9-8-22-16-12-4-2-3-5-13(12)25-17(16)15(21-18(22)23)11-6-7-14(19)20-10-11/h2-7,10H,8-9H2,1H3,(H2,19,20). The Labute approximate surface area is 142 Å². The Hall–Kier alpha value is -3.19. The van der Waals surface area contributed by atoms with Gasteiger partial charge in [-0.3, -0.25) is 4.57 Å². The topological polar surface area (TPSA) is 96.2 Å². The number of methoxy groups -OCH3 is 1. The van der Waals surface area contributed by atoms with E-state index in [1.807, 2.05) is 24.3 Å². The normalized spacial score (nSPS) is 11.4. The second-order valence-electron chi connectivity index (χ2n) is 5.64. The van der Waals surface area contributed by atoms with Gasteiger partial charge in [0.15, 0.2) is 5.58 Å². The molecule has 7 heteroatoms. The van der Waals surface area contributed by atoms with Crippen LogP contribution in [0.5, 0.6) is 0 Å². The Bertz CT molecular complexity index is 1110. The Morgan fingerprint density at radius 3 is 2.84 bits per heavy atom. The molecule has 0 atom stereocenters. The van der Waals surface area contributed by atoms with Crippen LogP contribution in [0, 0.1) is 0 Å². The number of ether oxygens (including phenoxy) is 1. The zero-order chi connectivity index (χ0) is 17.4. The van der Waals surface area contributed by atoms with Crippen LogP contribution in [-0.4, -0.2) is 28.3 Å². The number of nitrogens with two attached hydrogens (primary N) is 1. The van der Waals surface area contributed by atoms with E-state index in [-0.39, 0.29) is 5.69 Å². The third-order valence-corrected chi connectivity index (χ3v) is 4.07. The van der Waals surface area contributed by atoms with Crippen molar-refractivity contribution in [2.24, 2.45) is 0 Å². The maximum Gasteiger partial charge on any atom is 0.348 e. The van der Waals surface area contributed by atoms with Gasteiger partial charge in [-0.2, -0.15) is 4.98 Å². The van der Waals surface area contributed by atoms with Crippen molar-refractivity contribution in [1.82, 2.24) is 14.5 Å². The predicted molar refractivity (Wildman–Crippen MR) is 95.3 cm³/mol. The molecule has 0 fully saturated rings. The zero-order valence-corrected chi connectivity index (χ0v) is 13.6. The molecule has 3 aromatic heterocycles. The lowest BCUT2D eigenvalue weighted by atomic mass is 10.1. The number of nitrogen functional groups attached to an aromatic ring is 1. The van der Waals surface area contributed by atoms with Crippen molar-refractivity contribution in [3.05, 3.63) is 53.1 Å². The summed E-state index contributed by atoms with van der Waals surface area (Å²) in [6.45, 7) is 0.793. The van der Waals surface area contributed by atoms with Gasteiger partial charge >= 0.3 is 5.69 Å². The van der Waals surface area contributed by atoms with Crippen molar-refractivity contribution in [3.8, 4) is 11.3 Å². The van der Waals surface area contributed by atoms with Gasteiger partial charge in [-0.1, -0.05) is 12.1 Å². The Morgan fingerprint density at radius 1 is 1.24 bits per heavy atom. The van der Waals surface area contributed by atoms with E-state index < -0.39 is 0 Å². The Kier molecular flexibility index (Phi) is 3.70. The van der Waals surface area contributed by atoms with Crippen molar-refractivity contribution in [2.75, 3.05) is 19.5 Å². The van der Waals surface area contributed by atoms with Gasteiger partial charge in [0.25, 0.3) is 0 Å². The maximum atomic E-state index is 12.7. The van der Waals surface area contributed by atoms with Gasteiger partial charge in [0.05, 0.1) is 13.2 Å². The quantitative estimate of drug-likeness (QED) is 0.615. The molecule has 0 aliphatic heterocycles. The van der Waals surface area contributed by atoms with Gasteiger partial charge in [0.2, 0.25) is 0 Å². The molecule has 0 spiro atoms. The summed E-state index contributed by atoms with van der Waals surface area (Å²) in [6, 6.07) is 11.0. The number of benzene rings is 1. The lowest BCUT2D eigenvalue weighted by Gasteiger charge is -2.09. The molecule has 0 saturated carbocycles. The van der Waals surface area contributed by atoms with E-state index in [0.29, 0.717) is 46.9 Å². The van der Waals surface area contributed by atoms with Crippen LogP contribution in [0.2, 0.25) is 0 Å². The minimum atomic E-state index is -0.358. The molecule has 0 aliphatic carbocycles. The molecule has 4 aromatic rings. The van der Waals surface area contributed by atoms with Crippen molar-refractivity contribution < 1.29 is 9.15 Å². The summed E-state index contributed by atoms with van der Waals surface area (Å²) in [6.07, 6.45) is 1.59. The smallest absolute Gasteiger partial charge is 0.348 e. The Morgan fingerprint density at radius 2 is 2.08 bits per heavy atom. The first-order chi connectivity index (χ1) is 12.2. The van der Waals surface area contributed by atoms with Gasteiger partial charge in [-0.25, -0.2) is 9.78 Å². The fourth-order valence-electron chi connectivity index (χ4n) is 2.89. The second-order valence-corrected chi connectivity index (χ2v) is 5.64. The molecule has 0 radical (unpaired) electrons. The Balaban J connectivity index is 2.08. The largest absolute Gasteiger partial charge is 0.452 e. The van der Waals surface area contributed by atoms with Gasteiger partial charge in [0.1, 0.15) is 22.6 Å². The summed E-state index contributed by atoms with van der Waals surface area (Å²) < 4.78 is 12.7. The zero-order valence-electron chi connectivity index (χ0n) is 13.6. The molecule has 4 rings (SSSR count). The molecular formula is C18H16N4O3. The van der Waals surface area contributed by atoms with Crippen LogP contribution in [0.4, 0.5) is 5.82 Å². The summed E-state index contributed by atoms with van der Waals surface area (Å²) in [5.41, 5.74) is 8.37. The summed E-state index contributed by atoms with van der Waals surface area (Å²) in [5, 5.41) is 0.859. The number of pyridine rings is 1. The lowest BCUT2D eigenvalue weighted by molar-refractivity contribution is 0.187. The highest BCUT2D eigenvalue weighted by Crippen LogP contribution is 2.33. The lowest BCUT2D eigenvalue weighted by Crippen LogP contribution is -2.25. The molecule has 3 heterocycles. The molecule has 0 aliphatic rings. The minimum absolute atomic E-state index is 0.358. The first-order valence-electron chi connectivity index (χ1n) is 7.82. The van der Waals surface area contributed by atoms with Gasteiger partial charge < -0.3 is 14.9 Å². The van der Waals surface area contributed by atoms with Crippen molar-refractivity contribution in [3.63, 3.8) is 0 Å². The van der Waals surface area contributed by atoms with Crippen LogP contribution >= 0.6 is 0 Å². The highest BCUT2D eigenvalue weighted by molar-refractivity contribution is 6.06. The molecule has 25 heavy (non-hydrogen) atoms. The highest BCUT2D eigenvalue weighted by atomic mass is 16.5. The summed E-state index contributed by atoms with van der Waals surface area (Å²) in [7, 11) is 1.59. The van der Waals surface area contributed by atoms with E-state index in [1.165, 1.54) is 0 Å². The molecule has 0 unspecified atom stereocenters. The van der Waals surface area contributed by atoms with Crippen molar-refractivity contribution >= 4 is 27.9 Å². The van der Waals surface area contributed by atoms with E-state index >= 15 is 0 Å². The van der Waals surface area contributed by atoms with Crippen molar-refractivity contribution in [2.45, 2.75) is 6.54 Å². The maximum absolute atomic E-state index is 12.7. The van der Waals surface area contributed by atoms with Crippen LogP contribution in [0.3, 0.4) is 0 Å². The van der Waals surface area contributed by atoms with Gasteiger partial charge in [-0.15, -0.1) is 0 Å². The van der Waals surface area contributed by atoms with Gasteiger partial charge in [-0.05, 0) is 24.3 Å². The van der Waals surface area contributed by atoms with Crippen LogP contribution in [0.25, 0.3) is 33.3 Å². The van der Waals surface area contributed by atoms with E-state index in [2.05, 4.69) is 9.97 Å². The number of hydrogen-bond donors (Lipinski definition) is 1. The van der Waals surface area contributed by atoms with Crippen LogP contribution in [0.1, 0.15) is 0 Å². The number of nitrogens with zero attached hydrogens (tertiary/aromatic N) is 3. The summed E-state index contributed by atoms with van der Waals surface area (Å²) in [5.74, 6) is 0.401. The molecule has 0 bridgehead atoms. The van der Waals surface area contributed by atoms with Crippen LogP contribution in [-0.2, 0) is 11.3 Å². The van der Waals surface area contributed by atoms with Crippen molar-refractivity contribution in [1.29, 1.82) is 0 Å². The monoisotopic (exact) mass is 336 g/mol. The van der Waals surface area contributed by atoms with Crippen LogP contribution < -0.4 is 11.4 Å². The molecular weight excluding hydrogens is 320 g/mol. The van der Waals surface area contributed by atoms with E-state index in [4.69, 9.17) is 14.9 Å². The molecule has 0 amide bonds. The summed E-state index contributed by atoms with van der Waals surface area (Å²) in [4.78, 5) is 21.0. The van der Waals surface area contributed by atoms with E-state index in [0.717, 1.165) is 5.39 Å². The predicted octanol–water partition coefficient (Wildman–Crippen LogP) is 2.43. The fraction of sp³-hybridized carbons (Fsp3) is 0.167. The second kappa shape index (κ2) is 6.03. The van der Waals surface area contributed by atoms with Crippen LogP contribution in [0.15, 0.2) is 51.8 Å². The third-order valence-electron chi connectivity index (χ3n) is 4.07. The first-order valence-corrected chi connectivity index (χ1v) is 7.82. The SMILES string of the molecule is COCCn1c(=O)nc(-c2ccc(N)nc2)c2oc3ccccc3c21. The average Bonchev–Trinajstić information content (AvgIpc) is 3.01. The third kappa shape index (κ3) is 2.54. The number of para-hydroxylation sites is 1. The highest BCUT2D eigenvalue weighted by Gasteiger charge is 2.19. The average molecular weight is 336 g/mol. The number of hydrogen-bond acceptors (Lipinski definition) is 6. The fourth-order valence-corrected chi connectivity index (χ4v) is 2.89. The first kappa shape index (κ1) is 15.3. The number of rotatable bonds is 4. The van der Waals surface area contributed by atoms with E-state index in [9.17, 15) is 4.79 Å². The molecule has 7 nitrogen and oxygen atoms in total. The van der Waals surface area contributed by atoms with E-state index in [1.54, 1.807) is 30.0 Å².